The van der Waals surface area contributed by atoms with Gasteiger partial charge in [-0.1, -0.05) is 36.0 Å². The highest BCUT2D eigenvalue weighted by molar-refractivity contribution is 8.01. The molecule has 1 fully saturated rings. The minimum Gasteiger partial charge on any atom is -0.146 e. The van der Waals surface area contributed by atoms with Crippen molar-refractivity contribution in [3.05, 3.63) is 36.0 Å². The quantitative estimate of drug-likeness (QED) is 0.528. The second kappa shape index (κ2) is 3.06. The van der Waals surface area contributed by atoms with E-state index in [0.717, 1.165) is 16.4 Å². The third kappa shape index (κ3) is 1.21. The Morgan fingerprint density at radius 2 is 2.31 bits per heavy atom. The van der Waals surface area contributed by atoms with Crippen molar-refractivity contribution in [1.29, 1.82) is 0 Å². The van der Waals surface area contributed by atoms with Crippen LogP contribution in [-0.2, 0) is 0 Å². The highest BCUT2D eigenvalue weighted by Crippen LogP contribution is 2.49. The third-order valence-electron chi connectivity index (χ3n) is 3.26. The lowest BCUT2D eigenvalue weighted by Crippen LogP contribution is -2.15. The maximum absolute atomic E-state index is 2.43. The van der Waals surface area contributed by atoms with Gasteiger partial charge in [0.25, 0.3) is 0 Å². The van der Waals surface area contributed by atoms with Crippen molar-refractivity contribution in [3.8, 4) is 0 Å². The SMILES string of the molecule is C1=CCC2SC3C=CCCC3C2=C1. The largest absolute Gasteiger partial charge is 0.146 e. The van der Waals surface area contributed by atoms with Crippen molar-refractivity contribution in [2.24, 2.45) is 5.92 Å². The molecule has 0 nitrogen and oxygen atoms in total. The molecule has 0 aromatic heterocycles. The molecule has 1 saturated heterocycles. The van der Waals surface area contributed by atoms with E-state index in [1.54, 1.807) is 5.57 Å². The van der Waals surface area contributed by atoms with Crippen molar-refractivity contribution >= 4 is 11.8 Å². The molecule has 3 aliphatic rings. The Kier molecular flexibility index (Phi) is 1.86. The Morgan fingerprint density at radius 3 is 3.31 bits per heavy atom. The van der Waals surface area contributed by atoms with E-state index in [0.29, 0.717) is 0 Å². The first kappa shape index (κ1) is 7.93. The van der Waals surface area contributed by atoms with Crippen molar-refractivity contribution in [3.63, 3.8) is 0 Å². The molecule has 1 heteroatoms. The van der Waals surface area contributed by atoms with Crippen LogP contribution < -0.4 is 0 Å². The first-order valence-corrected chi connectivity index (χ1v) is 6.08. The summed E-state index contributed by atoms with van der Waals surface area (Å²) in [7, 11) is 0. The van der Waals surface area contributed by atoms with Gasteiger partial charge in [0.15, 0.2) is 0 Å². The lowest BCUT2D eigenvalue weighted by molar-refractivity contribution is 0.568. The monoisotopic (exact) mass is 190 g/mol. The molecule has 68 valence electrons. The first-order chi connectivity index (χ1) is 6.45. The third-order valence-corrected chi connectivity index (χ3v) is 4.86. The molecule has 0 N–H and O–H groups in total. The molecule has 3 unspecified atom stereocenters. The fourth-order valence-corrected chi connectivity index (χ4v) is 4.31. The van der Waals surface area contributed by atoms with Gasteiger partial charge in [-0.3, -0.25) is 0 Å². The molecule has 1 aliphatic heterocycles. The maximum Gasteiger partial charge on any atom is 0.0303 e. The van der Waals surface area contributed by atoms with Gasteiger partial charge in [0.1, 0.15) is 0 Å². The van der Waals surface area contributed by atoms with Gasteiger partial charge in [-0.2, -0.15) is 0 Å². The first-order valence-electron chi connectivity index (χ1n) is 5.14. The Hall–Kier alpha value is -0.430. The van der Waals surface area contributed by atoms with Gasteiger partial charge >= 0.3 is 0 Å². The standard InChI is InChI=1S/C12H14S/c1-3-7-11-9(5-1)10-6-2-4-8-12(10)13-11/h1,3-5,8,10-12H,2,6-7H2. The zero-order chi connectivity index (χ0) is 8.67. The molecule has 0 aromatic carbocycles. The molecule has 3 rings (SSSR count). The lowest BCUT2D eigenvalue weighted by atomic mass is 9.84. The van der Waals surface area contributed by atoms with Crippen LogP contribution in [0, 0.1) is 5.92 Å². The van der Waals surface area contributed by atoms with E-state index >= 15 is 0 Å². The molecule has 0 spiro atoms. The summed E-state index contributed by atoms with van der Waals surface area (Å²) in [5, 5.41) is 1.60. The second-order valence-corrected chi connectivity index (χ2v) is 5.42. The van der Waals surface area contributed by atoms with E-state index in [1.165, 1.54) is 19.3 Å². The molecule has 0 bridgehead atoms. The van der Waals surface area contributed by atoms with E-state index in [1.807, 2.05) is 0 Å². The summed E-state index contributed by atoms with van der Waals surface area (Å²) in [5.41, 5.74) is 1.72. The van der Waals surface area contributed by atoms with Crippen molar-refractivity contribution in [2.75, 3.05) is 0 Å². The number of hydrogen-bond donors (Lipinski definition) is 0. The summed E-state index contributed by atoms with van der Waals surface area (Å²) in [6.45, 7) is 0. The van der Waals surface area contributed by atoms with E-state index in [-0.39, 0.29) is 0 Å². The average Bonchev–Trinajstić information content (AvgIpc) is 2.56. The zero-order valence-corrected chi connectivity index (χ0v) is 8.46. The molecule has 2 aliphatic carbocycles. The van der Waals surface area contributed by atoms with Gasteiger partial charge in [-0.25, -0.2) is 0 Å². The van der Waals surface area contributed by atoms with Gasteiger partial charge in [0, 0.05) is 10.5 Å². The normalized spacial score (nSPS) is 41.2. The average molecular weight is 190 g/mol. The van der Waals surface area contributed by atoms with E-state index in [2.05, 4.69) is 42.1 Å². The summed E-state index contributed by atoms with van der Waals surface area (Å²) in [6.07, 6.45) is 15.6. The molecule has 1 heterocycles. The van der Waals surface area contributed by atoms with Crippen LogP contribution in [0.5, 0.6) is 0 Å². The van der Waals surface area contributed by atoms with Crippen LogP contribution in [-0.4, -0.2) is 10.5 Å². The Bertz CT molecular complexity index is 298. The molecule has 0 amide bonds. The van der Waals surface area contributed by atoms with Gasteiger partial charge in [0.05, 0.1) is 0 Å². The van der Waals surface area contributed by atoms with Gasteiger partial charge < -0.3 is 0 Å². The predicted molar refractivity (Wildman–Crippen MR) is 58.9 cm³/mol. The van der Waals surface area contributed by atoms with Gasteiger partial charge in [-0.05, 0) is 25.2 Å². The Balaban J connectivity index is 1.94. The van der Waals surface area contributed by atoms with Crippen LogP contribution in [0.3, 0.4) is 0 Å². The summed E-state index contributed by atoms with van der Waals surface area (Å²) in [5.74, 6) is 0.866. The molecule has 0 saturated carbocycles. The van der Waals surface area contributed by atoms with Crippen molar-refractivity contribution < 1.29 is 0 Å². The van der Waals surface area contributed by atoms with Crippen molar-refractivity contribution in [2.45, 2.75) is 29.8 Å². The minimum absolute atomic E-state index is 0.796. The lowest BCUT2D eigenvalue weighted by Gasteiger charge is -2.20. The number of thioether (sulfide) groups is 1. The summed E-state index contributed by atoms with van der Waals surface area (Å²) in [6, 6.07) is 0. The van der Waals surface area contributed by atoms with E-state index in [4.69, 9.17) is 0 Å². The minimum atomic E-state index is 0.796. The maximum atomic E-state index is 2.43. The van der Waals surface area contributed by atoms with Crippen LogP contribution in [0.25, 0.3) is 0 Å². The predicted octanol–water partition coefficient (Wildman–Crippen LogP) is 3.32. The highest BCUT2D eigenvalue weighted by Gasteiger charge is 2.38. The molecule has 3 atom stereocenters. The Labute approximate surface area is 83.8 Å². The number of hydrogen-bond acceptors (Lipinski definition) is 1. The second-order valence-electron chi connectivity index (χ2n) is 4.03. The number of rotatable bonds is 0. The van der Waals surface area contributed by atoms with E-state index < -0.39 is 0 Å². The Morgan fingerprint density at radius 1 is 1.31 bits per heavy atom. The van der Waals surface area contributed by atoms with Crippen molar-refractivity contribution in [1.82, 2.24) is 0 Å². The fraction of sp³-hybridized carbons (Fsp3) is 0.500. The smallest absolute Gasteiger partial charge is 0.0303 e. The van der Waals surface area contributed by atoms with Gasteiger partial charge in [-0.15, -0.1) is 11.8 Å². The highest BCUT2D eigenvalue weighted by atomic mass is 32.2. The zero-order valence-electron chi connectivity index (χ0n) is 7.65. The number of allylic oxidation sites excluding steroid dienone is 4. The van der Waals surface area contributed by atoms with Crippen LogP contribution in [0.15, 0.2) is 36.0 Å². The molecular weight excluding hydrogens is 176 g/mol. The topological polar surface area (TPSA) is 0 Å². The molecule has 0 radical (unpaired) electrons. The number of fused-ring (bicyclic) bond motifs is 3. The van der Waals surface area contributed by atoms with Crippen LogP contribution in [0.1, 0.15) is 19.3 Å². The van der Waals surface area contributed by atoms with Crippen LogP contribution >= 0.6 is 11.8 Å². The van der Waals surface area contributed by atoms with Crippen LogP contribution in [0.2, 0.25) is 0 Å². The summed E-state index contributed by atoms with van der Waals surface area (Å²) >= 11 is 2.17. The molecular formula is C12H14S. The van der Waals surface area contributed by atoms with E-state index in [9.17, 15) is 0 Å². The summed E-state index contributed by atoms with van der Waals surface area (Å²) < 4.78 is 0. The fourth-order valence-electron chi connectivity index (χ4n) is 2.61. The van der Waals surface area contributed by atoms with Gasteiger partial charge in [0.2, 0.25) is 0 Å². The molecule has 13 heavy (non-hydrogen) atoms. The van der Waals surface area contributed by atoms with Crippen LogP contribution in [0.4, 0.5) is 0 Å². The summed E-state index contributed by atoms with van der Waals surface area (Å²) in [4.78, 5) is 0. The molecule has 0 aromatic rings.